The summed E-state index contributed by atoms with van der Waals surface area (Å²) in [6, 6.07) is 21.1. The van der Waals surface area contributed by atoms with Gasteiger partial charge in [0.1, 0.15) is 17.2 Å². The Bertz CT molecular complexity index is 1490. The monoisotopic (exact) mass is 506 g/mol. The van der Waals surface area contributed by atoms with Gasteiger partial charge in [-0.15, -0.1) is 0 Å². The molecule has 0 radical (unpaired) electrons. The Morgan fingerprint density at radius 1 is 0.946 bits per heavy atom. The van der Waals surface area contributed by atoms with Crippen LogP contribution in [-0.4, -0.2) is 4.57 Å². The first-order chi connectivity index (χ1) is 17.5. The molecule has 0 aliphatic heterocycles. The highest BCUT2D eigenvalue weighted by Gasteiger charge is 2.35. The lowest BCUT2D eigenvalue weighted by Gasteiger charge is -2.19. The van der Waals surface area contributed by atoms with E-state index in [1.807, 2.05) is 56.3 Å². The molecule has 0 aliphatic rings. The molecule has 1 heterocycles. The number of aromatic nitrogens is 1. The molecule has 0 saturated heterocycles. The summed E-state index contributed by atoms with van der Waals surface area (Å²) in [6.45, 7) is 8.08. The van der Waals surface area contributed by atoms with Crippen LogP contribution in [0.4, 0.5) is 18.9 Å². The molecule has 1 aromatic heterocycles. The van der Waals surface area contributed by atoms with Crippen molar-refractivity contribution in [2.75, 3.05) is 5.73 Å². The summed E-state index contributed by atoms with van der Waals surface area (Å²) in [5, 5.41) is 0. The van der Waals surface area contributed by atoms with Gasteiger partial charge in [-0.1, -0.05) is 55.8 Å². The van der Waals surface area contributed by atoms with Crippen molar-refractivity contribution in [3.8, 4) is 22.8 Å². The molecule has 4 rings (SSSR count). The summed E-state index contributed by atoms with van der Waals surface area (Å²) >= 11 is 0. The third-order valence-corrected chi connectivity index (χ3v) is 6.39. The number of benzene rings is 3. The average molecular weight is 507 g/mol. The number of hydrogen-bond donors (Lipinski definition) is 1. The van der Waals surface area contributed by atoms with Crippen LogP contribution in [-0.2, 0) is 12.7 Å². The number of nitrogen functional groups attached to an aromatic ring is 1. The molecule has 0 atom stereocenters. The van der Waals surface area contributed by atoms with E-state index in [1.54, 1.807) is 24.3 Å². The number of nitrogens with zero attached hydrogens (tertiary/aromatic N) is 1. The highest BCUT2D eigenvalue weighted by Crippen LogP contribution is 2.36. The third-order valence-electron chi connectivity index (χ3n) is 6.39. The van der Waals surface area contributed by atoms with Crippen molar-refractivity contribution in [1.29, 1.82) is 0 Å². The minimum atomic E-state index is -4.76. The fraction of sp³-hybridized carbons (Fsp3) is 0.233. The number of aryl methyl sites for hydroxylation is 2. The summed E-state index contributed by atoms with van der Waals surface area (Å²) < 4.78 is 48.6. The molecule has 0 spiro atoms. The summed E-state index contributed by atoms with van der Waals surface area (Å²) in [5.74, 6) is 1.50. The topological polar surface area (TPSA) is 57.2 Å². The minimum Gasteiger partial charge on any atom is -0.457 e. The van der Waals surface area contributed by atoms with Gasteiger partial charge in [-0.05, 0) is 78.4 Å². The second-order valence-corrected chi connectivity index (χ2v) is 9.49. The fourth-order valence-corrected chi connectivity index (χ4v) is 4.36. The number of halogens is 3. The van der Waals surface area contributed by atoms with E-state index in [9.17, 15) is 18.0 Å². The normalized spacial score (nSPS) is 11.7. The highest BCUT2D eigenvalue weighted by atomic mass is 19.4. The van der Waals surface area contributed by atoms with Crippen molar-refractivity contribution in [2.24, 2.45) is 0 Å². The first-order valence-electron chi connectivity index (χ1n) is 12.0. The molecule has 0 fully saturated rings. The smallest absolute Gasteiger partial charge is 0.418 e. The highest BCUT2D eigenvalue weighted by molar-refractivity contribution is 5.65. The molecular formula is C30H29F3N2O2. The van der Waals surface area contributed by atoms with Crippen LogP contribution >= 0.6 is 0 Å². The molecule has 0 amide bonds. The van der Waals surface area contributed by atoms with Crippen LogP contribution < -0.4 is 16.0 Å². The summed E-state index contributed by atoms with van der Waals surface area (Å²) in [6.07, 6.45) is -4.76. The van der Waals surface area contributed by atoms with Crippen LogP contribution in [0.2, 0.25) is 0 Å². The van der Waals surface area contributed by atoms with E-state index in [0.717, 1.165) is 28.3 Å². The van der Waals surface area contributed by atoms with Crippen molar-refractivity contribution in [3.05, 3.63) is 111 Å². The molecule has 4 aromatic rings. The lowest BCUT2D eigenvalue weighted by atomic mass is 10.0. The van der Waals surface area contributed by atoms with Crippen molar-refractivity contribution >= 4 is 5.69 Å². The van der Waals surface area contributed by atoms with E-state index < -0.39 is 23.0 Å². The molecule has 0 saturated carbocycles. The predicted molar refractivity (Wildman–Crippen MR) is 141 cm³/mol. The van der Waals surface area contributed by atoms with Crippen LogP contribution in [0.1, 0.15) is 47.6 Å². The lowest BCUT2D eigenvalue weighted by Crippen LogP contribution is -2.29. The van der Waals surface area contributed by atoms with Crippen LogP contribution in [0.15, 0.2) is 77.6 Å². The molecule has 0 bridgehead atoms. The van der Waals surface area contributed by atoms with Crippen LogP contribution in [0, 0.1) is 13.8 Å². The number of anilines is 1. The van der Waals surface area contributed by atoms with Gasteiger partial charge >= 0.3 is 6.18 Å². The van der Waals surface area contributed by atoms with Gasteiger partial charge < -0.3 is 15.0 Å². The Hall–Kier alpha value is -4.00. The maximum absolute atomic E-state index is 13.8. The second kappa shape index (κ2) is 10.2. The summed E-state index contributed by atoms with van der Waals surface area (Å²) in [4.78, 5) is 13.1. The van der Waals surface area contributed by atoms with Crippen LogP contribution in [0.25, 0.3) is 11.3 Å². The zero-order valence-corrected chi connectivity index (χ0v) is 21.2. The molecular weight excluding hydrogens is 477 g/mol. The van der Waals surface area contributed by atoms with E-state index in [4.69, 9.17) is 10.5 Å². The molecule has 192 valence electrons. The molecule has 7 heteroatoms. The molecule has 2 N–H and O–H groups in total. The Morgan fingerprint density at radius 2 is 1.62 bits per heavy atom. The van der Waals surface area contributed by atoms with Gasteiger partial charge in [0.05, 0.1) is 17.8 Å². The number of pyridine rings is 1. The van der Waals surface area contributed by atoms with Gasteiger partial charge in [0.2, 0.25) is 0 Å². The predicted octanol–water partition coefficient (Wildman–Crippen LogP) is 7.70. The Balaban J connectivity index is 1.79. The van der Waals surface area contributed by atoms with E-state index in [-0.39, 0.29) is 18.2 Å². The first-order valence-corrected chi connectivity index (χ1v) is 12.0. The Labute approximate surface area is 214 Å². The molecule has 0 aliphatic carbocycles. The van der Waals surface area contributed by atoms with Crippen molar-refractivity contribution in [1.82, 2.24) is 4.57 Å². The molecule has 4 nitrogen and oxygen atoms in total. The fourth-order valence-electron chi connectivity index (χ4n) is 4.36. The van der Waals surface area contributed by atoms with Crippen molar-refractivity contribution in [3.63, 3.8) is 0 Å². The van der Waals surface area contributed by atoms with Gasteiger partial charge in [0.25, 0.3) is 5.56 Å². The van der Waals surface area contributed by atoms with E-state index in [0.29, 0.717) is 17.1 Å². The van der Waals surface area contributed by atoms with Gasteiger partial charge in [-0.25, -0.2) is 0 Å². The van der Waals surface area contributed by atoms with Gasteiger partial charge in [0.15, 0.2) is 0 Å². The first kappa shape index (κ1) is 26.1. The number of alkyl halides is 3. The summed E-state index contributed by atoms with van der Waals surface area (Å²) in [5.41, 5.74) is 7.29. The SMILES string of the molecule is Cc1ccc(Cn2c(-c3ccc(Oc4ccccc4C(C)C)cc3)cc(C(F)(F)F)c(N)c2=O)c(C)c1. The summed E-state index contributed by atoms with van der Waals surface area (Å²) in [7, 11) is 0. The number of para-hydroxylation sites is 1. The largest absolute Gasteiger partial charge is 0.457 e. The Morgan fingerprint density at radius 3 is 2.24 bits per heavy atom. The van der Waals surface area contributed by atoms with Crippen LogP contribution in [0.3, 0.4) is 0 Å². The maximum Gasteiger partial charge on any atom is 0.418 e. The number of nitrogens with two attached hydrogens (primary N) is 1. The van der Waals surface area contributed by atoms with Crippen LogP contribution in [0.5, 0.6) is 11.5 Å². The van der Waals surface area contributed by atoms with Crippen molar-refractivity contribution < 1.29 is 17.9 Å². The molecule has 37 heavy (non-hydrogen) atoms. The minimum absolute atomic E-state index is 0.0859. The standard InChI is InChI=1S/C30H29F3N2O2/c1-18(2)24-7-5-6-8-27(24)37-23-13-11-21(12-14-23)26-16-25(30(31,32)33)28(34)29(36)35(26)17-22-10-9-19(3)15-20(22)4/h5-16,18H,17,34H2,1-4H3. The van der Waals surface area contributed by atoms with Gasteiger partial charge in [-0.3, -0.25) is 4.79 Å². The zero-order valence-electron chi connectivity index (χ0n) is 21.2. The number of hydrogen-bond acceptors (Lipinski definition) is 3. The molecule has 0 unspecified atom stereocenters. The average Bonchev–Trinajstić information content (AvgIpc) is 2.83. The maximum atomic E-state index is 13.8. The van der Waals surface area contributed by atoms with Crippen molar-refractivity contribution in [2.45, 2.75) is 46.3 Å². The second-order valence-electron chi connectivity index (χ2n) is 9.49. The zero-order chi connectivity index (χ0) is 26.9. The van der Waals surface area contributed by atoms with Gasteiger partial charge in [-0.2, -0.15) is 13.2 Å². The lowest BCUT2D eigenvalue weighted by molar-refractivity contribution is -0.137. The Kier molecular flexibility index (Phi) is 7.16. The number of ether oxygens (including phenoxy) is 1. The third kappa shape index (κ3) is 5.56. The van der Waals surface area contributed by atoms with E-state index in [2.05, 4.69) is 13.8 Å². The molecule has 3 aromatic carbocycles. The number of rotatable bonds is 6. The van der Waals surface area contributed by atoms with Gasteiger partial charge in [0, 0.05) is 0 Å². The van der Waals surface area contributed by atoms with E-state index in [1.165, 1.54) is 4.57 Å². The quantitative estimate of drug-likeness (QED) is 0.292. The van der Waals surface area contributed by atoms with E-state index >= 15 is 0 Å².